The summed E-state index contributed by atoms with van der Waals surface area (Å²) in [6.45, 7) is 26.8. The molecule has 0 aliphatic heterocycles. The summed E-state index contributed by atoms with van der Waals surface area (Å²) in [5.41, 5.74) is -1.02. The molecule has 0 heterocycles. The highest BCUT2D eigenvalue weighted by Crippen LogP contribution is 2.15. The van der Waals surface area contributed by atoms with E-state index in [4.69, 9.17) is 9.84 Å². The van der Waals surface area contributed by atoms with Crippen LogP contribution in [0.1, 0.15) is 103 Å². The first-order valence-corrected chi connectivity index (χ1v) is 10.5. The molecule has 1 unspecified atom stereocenters. The van der Waals surface area contributed by atoms with Gasteiger partial charge in [0, 0.05) is 6.61 Å². The molecule has 0 aromatic rings. The number of aliphatic hydroxyl groups excluding tert-OH is 1. The Bertz CT molecular complexity index is 300. The van der Waals surface area contributed by atoms with Crippen LogP contribution >= 0.6 is 0 Å². The van der Waals surface area contributed by atoms with Crippen LogP contribution in [0.3, 0.4) is 0 Å². The van der Waals surface area contributed by atoms with E-state index < -0.39 is 11.1 Å². The number of aliphatic hydroxyl groups is 1. The van der Waals surface area contributed by atoms with E-state index in [2.05, 4.69) is 33.0 Å². The first-order valence-electron chi connectivity index (χ1n) is 10.5. The largest absolute Gasteiger partial charge is 0.394 e. The summed E-state index contributed by atoms with van der Waals surface area (Å²) in [6.07, 6.45) is 1.61. The molecule has 2 N–H and O–H groups in total. The molecule has 0 bridgehead atoms. The Morgan fingerprint density at radius 2 is 1.42 bits per heavy atom. The highest BCUT2D eigenvalue weighted by atomic mass is 16.5. The number of hydrogen-bond donors (Lipinski definition) is 2. The van der Waals surface area contributed by atoms with Gasteiger partial charge in [-0.2, -0.15) is 0 Å². The predicted molar refractivity (Wildman–Crippen MR) is 117 cm³/mol. The van der Waals surface area contributed by atoms with Crippen LogP contribution in [-0.4, -0.2) is 35.4 Å². The SMILES string of the molecule is CC.CC.CCC(C)C(C)C.CCOC(C)(C)CC(=O)NC(C)(C)CO. The minimum Gasteiger partial charge on any atom is -0.394 e. The molecule has 1 amide bonds. The Morgan fingerprint density at radius 1 is 1.00 bits per heavy atom. The van der Waals surface area contributed by atoms with Crippen molar-refractivity contribution in [2.45, 2.75) is 114 Å². The van der Waals surface area contributed by atoms with Gasteiger partial charge in [-0.25, -0.2) is 0 Å². The van der Waals surface area contributed by atoms with Crippen LogP contribution < -0.4 is 5.32 Å². The number of nitrogens with one attached hydrogen (secondary N) is 1. The summed E-state index contributed by atoms with van der Waals surface area (Å²) in [5.74, 6) is 1.66. The molecule has 0 saturated heterocycles. The normalized spacial score (nSPS) is 11.8. The number of ether oxygens (including phenoxy) is 1. The second kappa shape index (κ2) is 19.2. The van der Waals surface area contributed by atoms with Gasteiger partial charge in [-0.3, -0.25) is 4.79 Å². The number of rotatable bonds is 8. The van der Waals surface area contributed by atoms with Crippen molar-refractivity contribution in [1.82, 2.24) is 5.32 Å². The van der Waals surface area contributed by atoms with Gasteiger partial charge >= 0.3 is 0 Å². The van der Waals surface area contributed by atoms with Crippen LogP contribution in [0.4, 0.5) is 0 Å². The van der Waals surface area contributed by atoms with Gasteiger partial charge in [0.15, 0.2) is 0 Å². The third kappa shape index (κ3) is 23.4. The summed E-state index contributed by atoms with van der Waals surface area (Å²) in [5, 5.41) is 11.8. The van der Waals surface area contributed by atoms with Crippen LogP contribution in [0.15, 0.2) is 0 Å². The molecule has 0 aliphatic rings. The second-order valence-electron chi connectivity index (χ2n) is 7.59. The van der Waals surface area contributed by atoms with Crippen molar-refractivity contribution in [3.05, 3.63) is 0 Å². The number of amides is 1. The fourth-order valence-corrected chi connectivity index (χ4v) is 1.76. The zero-order valence-electron chi connectivity index (χ0n) is 20.2. The highest BCUT2D eigenvalue weighted by Gasteiger charge is 2.26. The molecular formula is C22H51NO3. The van der Waals surface area contributed by atoms with Crippen LogP contribution in [0.5, 0.6) is 0 Å². The third-order valence-corrected chi connectivity index (χ3v) is 3.78. The Balaban J connectivity index is -0.000000184. The highest BCUT2D eigenvalue weighted by molar-refractivity contribution is 5.77. The van der Waals surface area contributed by atoms with E-state index in [-0.39, 0.29) is 12.5 Å². The maximum absolute atomic E-state index is 11.6. The monoisotopic (exact) mass is 377 g/mol. The zero-order chi connectivity index (χ0) is 22.0. The van der Waals surface area contributed by atoms with Crippen LogP contribution in [-0.2, 0) is 9.53 Å². The van der Waals surface area contributed by atoms with Crippen molar-refractivity contribution < 1.29 is 14.6 Å². The first kappa shape index (κ1) is 33.0. The van der Waals surface area contributed by atoms with E-state index in [1.807, 2.05) is 48.5 Å². The fourth-order valence-electron chi connectivity index (χ4n) is 1.76. The number of carbonyl (C=O) groups is 1. The molecule has 0 aromatic carbocycles. The molecule has 0 rings (SSSR count). The van der Waals surface area contributed by atoms with E-state index in [9.17, 15) is 4.79 Å². The first-order chi connectivity index (χ1) is 11.9. The van der Waals surface area contributed by atoms with Crippen LogP contribution in [0.2, 0.25) is 0 Å². The van der Waals surface area contributed by atoms with Gasteiger partial charge < -0.3 is 15.2 Å². The lowest BCUT2D eigenvalue weighted by Crippen LogP contribution is -2.48. The lowest BCUT2D eigenvalue weighted by Gasteiger charge is -2.28. The van der Waals surface area contributed by atoms with E-state index >= 15 is 0 Å². The van der Waals surface area contributed by atoms with Gasteiger partial charge in [-0.05, 0) is 46.5 Å². The molecule has 26 heavy (non-hydrogen) atoms. The van der Waals surface area contributed by atoms with Gasteiger partial charge in [-0.1, -0.05) is 61.8 Å². The van der Waals surface area contributed by atoms with E-state index in [1.165, 1.54) is 6.42 Å². The summed E-state index contributed by atoms with van der Waals surface area (Å²) in [7, 11) is 0. The maximum Gasteiger partial charge on any atom is 0.223 e. The molecule has 1 atom stereocenters. The second-order valence-corrected chi connectivity index (χ2v) is 7.59. The molecule has 0 fully saturated rings. The molecule has 0 aliphatic carbocycles. The average molecular weight is 378 g/mol. The Labute approximate surface area is 165 Å². The van der Waals surface area contributed by atoms with Crippen molar-refractivity contribution in [2.24, 2.45) is 11.8 Å². The minimum absolute atomic E-state index is 0.0756. The molecular weight excluding hydrogens is 326 g/mol. The smallest absolute Gasteiger partial charge is 0.223 e. The van der Waals surface area contributed by atoms with Crippen molar-refractivity contribution in [3.8, 4) is 0 Å². The molecule has 0 radical (unpaired) electrons. The molecule has 0 aromatic heterocycles. The lowest BCUT2D eigenvalue weighted by molar-refractivity contribution is -0.129. The lowest BCUT2D eigenvalue weighted by atomic mass is 9.96. The fraction of sp³-hybridized carbons (Fsp3) is 0.955. The van der Waals surface area contributed by atoms with Crippen LogP contribution in [0.25, 0.3) is 0 Å². The third-order valence-electron chi connectivity index (χ3n) is 3.78. The molecule has 162 valence electrons. The molecule has 0 spiro atoms. The van der Waals surface area contributed by atoms with Gasteiger partial charge in [0.25, 0.3) is 0 Å². The summed E-state index contributed by atoms with van der Waals surface area (Å²) >= 11 is 0. The van der Waals surface area contributed by atoms with Crippen molar-refractivity contribution in [1.29, 1.82) is 0 Å². The molecule has 4 nitrogen and oxygen atoms in total. The summed E-state index contributed by atoms with van der Waals surface area (Å²) in [4.78, 5) is 11.6. The van der Waals surface area contributed by atoms with Crippen molar-refractivity contribution in [3.63, 3.8) is 0 Å². The predicted octanol–water partition coefficient (Wildman–Crippen LogP) is 5.82. The summed E-state index contributed by atoms with van der Waals surface area (Å²) in [6, 6.07) is 0. The van der Waals surface area contributed by atoms with E-state index in [0.717, 1.165) is 11.8 Å². The van der Waals surface area contributed by atoms with Gasteiger partial charge in [0.05, 0.1) is 24.2 Å². The Kier molecular flexibility index (Phi) is 24.3. The summed E-state index contributed by atoms with van der Waals surface area (Å²) < 4.78 is 5.42. The number of carbonyl (C=O) groups excluding carboxylic acids is 1. The Hall–Kier alpha value is -0.610. The van der Waals surface area contributed by atoms with Crippen molar-refractivity contribution in [2.75, 3.05) is 13.2 Å². The van der Waals surface area contributed by atoms with Crippen molar-refractivity contribution >= 4 is 5.91 Å². The Morgan fingerprint density at radius 3 is 1.65 bits per heavy atom. The van der Waals surface area contributed by atoms with Gasteiger partial charge in [0.2, 0.25) is 5.91 Å². The average Bonchev–Trinajstić information content (AvgIpc) is 2.57. The minimum atomic E-state index is -0.570. The quantitative estimate of drug-likeness (QED) is 0.560. The van der Waals surface area contributed by atoms with E-state index in [0.29, 0.717) is 13.0 Å². The van der Waals surface area contributed by atoms with Gasteiger partial charge in [-0.15, -0.1) is 0 Å². The zero-order valence-corrected chi connectivity index (χ0v) is 20.2. The van der Waals surface area contributed by atoms with Gasteiger partial charge in [0.1, 0.15) is 0 Å². The topological polar surface area (TPSA) is 58.6 Å². The van der Waals surface area contributed by atoms with E-state index in [1.54, 1.807) is 13.8 Å². The molecule has 0 saturated carbocycles. The standard InChI is InChI=1S/C11H23NO3.C7H16.2C2H6/c1-6-15-11(4,5)7-9(14)12-10(2,3)8-13;1-5-7(4)6(2)3;2*1-2/h13H,6-8H2,1-5H3,(H,12,14);6-7H,5H2,1-4H3;2*1-2H3. The number of hydrogen-bond acceptors (Lipinski definition) is 3. The van der Waals surface area contributed by atoms with Crippen LogP contribution in [0, 0.1) is 11.8 Å². The molecule has 4 heteroatoms. The maximum atomic E-state index is 11.6.